The minimum atomic E-state index is -0.223. The molecule has 0 fully saturated rings. The van der Waals surface area contributed by atoms with Crippen molar-refractivity contribution in [1.29, 1.82) is 0 Å². The van der Waals surface area contributed by atoms with E-state index in [1.54, 1.807) is 17.2 Å². The summed E-state index contributed by atoms with van der Waals surface area (Å²) >= 11 is 3.93. The van der Waals surface area contributed by atoms with Crippen LogP contribution in [-0.4, -0.2) is 54.5 Å². The van der Waals surface area contributed by atoms with Crippen LogP contribution in [0.3, 0.4) is 0 Å². The number of thioether (sulfide) groups is 2. The zero-order valence-electron chi connectivity index (χ0n) is 17.4. The van der Waals surface area contributed by atoms with Gasteiger partial charge in [-0.3, -0.25) is 9.59 Å². The number of hydrogen-bond acceptors (Lipinski definition) is 10. The van der Waals surface area contributed by atoms with Gasteiger partial charge in [-0.25, -0.2) is 9.66 Å². The average Bonchev–Trinajstić information content (AvgIpc) is 3.52. The number of aromatic amines is 1. The number of nitrogen functional groups attached to an aromatic ring is 1. The van der Waals surface area contributed by atoms with E-state index >= 15 is 0 Å². The summed E-state index contributed by atoms with van der Waals surface area (Å²) in [6, 6.07) is 3.59. The topological polar surface area (TPSA) is 136 Å². The summed E-state index contributed by atoms with van der Waals surface area (Å²) in [6.07, 6.45) is 1.57. The van der Waals surface area contributed by atoms with Crippen molar-refractivity contribution in [3.8, 4) is 11.3 Å². The van der Waals surface area contributed by atoms with Gasteiger partial charge in [0.25, 0.3) is 5.56 Å². The number of H-pyrrole nitrogens is 1. The third-order valence-corrected chi connectivity index (χ3v) is 7.45. The van der Waals surface area contributed by atoms with Crippen LogP contribution in [0.1, 0.15) is 19.7 Å². The first-order valence-corrected chi connectivity index (χ1v) is 12.6. The zero-order valence-corrected chi connectivity index (χ0v) is 19.9. The van der Waals surface area contributed by atoms with Crippen molar-refractivity contribution in [2.75, 3.05) is 24.7 Å². The van der Waals surface area contributed by atoms with Crippen LogP contribution in [0, 0.1) is 0 Å². The lowest BCUT2D eigenvalue weighted by atomic mass is 10.2. The molecule has 3 N–H and O–H groups in total. The van der Waals surface area contributed by atoms with Crippen molar-refractivity contribution in [3.05, 3.63) is 40.0 Å². The molecule has 0 radical (unpaired) electrons. The van der Waals surface area contributed by atoms with Gasteiger partial charge >= 0.3 is 0 Å². The van der Waals surface area contributed by atoms with Crippen LogP contribution in [0.2, 0.25) is 0 Å². The SMILES string of the molecule is CCN(CC)C(=O)CSc1nnc(SCc2nc3scc(-c4ccco4)c3c(=O)[nH]2)n1N. The van der Waals surface area contributed by atoms with E-state index in [1.807, 2.05) is 25.3 Å². The largest absolute Gasteiger partial charge is 0.464 e. The minimum absolute atomic E-state index is 0.0251. The fourth-order valence-electron chi connectivity index (χ4n) is 3.06. The van der Waals surface area contributed by atoms with Crippen LogP contribution >= 0.6 is 34.9 Å². The molecule has 1 amide bonds. The summed E-state index contributed by atoms with van der Waals surface area (Å²) in [7, 11) is 0. The maximum Gasteiger partial charge on any atom is 0.260 e. The quantitative estimate of drug-likeness (QED) is 0.267. The molecule has 4 rings (SSSR count). The van der Waals surface area contributed by atoms with E-state index < -0.39 is 0 Å². The lowest BCUT2D eigenvalue weighted by Crippen LogP contribution is -2.32. The fraction of sp³-hybridized carbons (Fsp3) is 0.316. The molecular formula is C19H21N7O3S3. The van der Waals surface area contributed by atoms with Crippen LogP contribution in [0.25, 0.3) is 21.5 Å². The highest BCUT2D eigenvalue weighted by molar-refractivity contribution is 8.00. The maximum absolute atomic E-state index is 12.7. The molecule has 0 saturated heterocycles. The third kappa shape index (κ3) is 4.54. The number of fused-ring (bicyclic) bond motifs is 1. The van der Waals surface area contributed by atoms with Crippen LogP contribution in [0.15, 0.2) is 43.3 Å². The first kappa shape index (κ1) is 22.4. The van der Waals surface area contributed by atoms with Gasteiger partial charge in [0, 0.05) is 24.0 Å². The predicted octanol–water partition coefficient (Wildman–Crippen LogP) is 2.80. The number of furan rings is 1. The van der Waals surface area contributed by atoms with Crippen molar-refractivity contribution in [2.24, 2.45) is 0 Å². The zero-order chi connectivity index (χ0) is 22.7. The van der Waals surface area contributed by atoms with Gasteiger partial charge in [-0.1, -0.05) is 23.5 Å². The molecule has 13 heteroatoms. The molecule has 0 unspecified atom stereocenters. The molecular weight excluding hydrogens is 470 g/mol. The van der Waals surface area contributed by atoms with E-state index in [4.69, 9.17) is 10.3 Å². The smallest absolute Gasteiger partial charge is 0.260 e. The molecule has 0 aliphatic carbocycles. The Morgan fingerprint density at radius 2 is 2.03 bits per heavy atom. The normalized spacial score (nSPS) is 11.3. The Balaban J connectivity index is 1.44. The van der Waals surface area contributed by atoms with Gasteiger partial charge in [-0.05, 0) is 26.0 Å². The molecule has 0 spiro atoms. The molecule has 0 aromatic carbocycles. The lowest BCUT2D eigenvalue weighted by Gasteiger charge is -2.17. The van der Waals surface area contributed by atoms with Crippen LogP contribution in [0.5, 0.6) is 0 Å². The number of hydrogen-bond donors (Lipinski definition) is 2. The number of thiophene rings is 1. The number of aromatic nitrogens is 5. The van der Waals surface area contributed by atoms with Gasteiger partial charge in [-0.15, -0.1) is 21.5 Å². The number of nitrogens with zero attached hydrogens (tertiary/aromatic N) is 5. The van der Waals surface area contributed by atoms with Gasteiger partial charge in [0.05, 0.1) is 23.2 Å². The molecule has 32 heavy (non-hydrogen) atoms. The first-order chi connectivity index (χ1) is 15.5. The number of carbonyl (C=O) groups excluding carboxylic acids is 1. The molecule has 4 aromatic rings. The Hall–Kier alpha value is -2.77. The molecule has 0 bridgehead atoms. The van der Waals surface area contributed by atoms with Gasteiger partial charge in [0.1, 0.15) is 16.4 Å². The Morgan fingerprint density at radius 1 is 1.28 bits per heavy atom. The molecule has 4 aromatic heterocycles. The molecule has 0 saturated carbocycles. The van der Waals surface area contributed by atoms with E-state index in [0.29, 0.717) is 51.0 Å². The third-order valence-electron chi connectivity index (χ3n) is 4.69. The van der Waals surface area contributed by atoms with Crippen molar-refractivity contribution in [2.45, 2.75) is 29.9 Å². The number of nitrogens with two attached hydrogens (primary N) is 1. The molecule has 168 valence electrons. The van der Waals surface area contributed by atoms with Gasteiger partial charge in [0.15, 0.2) is 0 Å². The molecule has 4 heterocycles. The van der Waals surface area contributed by atoms with E-state index in [-0.39, 0.29) is 17.2 Å². The Kier molecular flexibility index (Phi) is 6.86. The number of carbonyl (C=O) groups is 1. The van der Waals surface area contributed by atoms with Gasteiger partial charge < -0.3 is 20.1 Å². The summed E-state index contributed by atoms with van der Waals surface area (Å²) < 4.78 is 6.77. The van der Waals surface area contributed by atoms with Crippen LogP contribution in [0.4, 0.5) is 0 Å². The summed E-state index contributed by atoms with van der Waals surface area (Å²) in [4.78, 5) is 34.6. The van der Waals surface area contributed by atoms with E-state index in [1.165, 1.54) is 39.5 Å². The molecule has 0 aliphatic rings. The Morgan fingerprint density at radius 3 is 2.72 bits per heavy atom. The van der Waals surface area contributed by atoms with Crippen LogP contribution in [-0.2, 0) is 10.5 Å². The molecule has 10 nitrogen and oxygen atoms in total. The Labute approximate surface area is 195 Å². The highest BCUT2D eigenvalue weighted by atomic mass is 32.2. The Bertz CT molecular complexity index is 1280. The second-order valence-corrected chi connectivity index (χ2v) is 9.34. The summed E-state index contributed by atoms with van der Waals surface area (Å²) in [6.45, 7) is 5.20. The highest BCUT2D eigenvalue weighted by Crippen LogP contribution is 2.31. The highest BCUT2D eigenvalue weighted by Gasteiger charge is 2.17. The summed E-state index contributed by atoms with van der Waals surface area (Å²) in [5.74, 6) is 7.86. The van der Waals surface area contributed by atoms with E-state index in [0.717, 1.165) is 5.56 Å². The number of amides is 1. The standard InChI is InChI=1S/C19H21N7O3S3/c1-3-25(4-2)14(27)10-32-19-24-23-18(26(19)20)31-9-13-21-16(28)15-11(8-30-17(15)22-13)12-6-5-7-29-12/h5-8H,3-4,9-10,20H2,1-2H3,(H,21,22,28). The second-order valence-electron chi connectivity index (χ2n) is 6.60. The second kappa shape index (κ2) is 9.79. The fourth-order valence-corrected chi connectivity index (χ4v) is 5.55. The van der Waals surface area contributed by atoms with Gasteiger partial charge in [-0.2, -0.15) is 0 Å². The average molecular weight is 492 g/mol. The van der Waals surface area contributed by atoms with E-state index in [2.05, 4.69) is 20.2 Å². The predicted molar refractivity (Wildman–Crippen MR) is 126 cm³/mol. The van der Waals surface area contributed by atoms with Crippen molar-refractivity contribution >= 4 is 51.0 Å². The number of rotatable bonds is 9. The summed E-state index contributed by atoms with van der Waals surface area (Å²) in [5, 5.41) is 11.5. The van der Waals surface area contributed by atoms with Gasteiger partial charge in [0.2, 0.25) is 16.2 Å². The van der Waals surface area contributed by atoms with E-state index in [9.17, 15) is 9.59 Å². The molecule has 0 atom stereocenters. The van der Waals surface area contributed by atoms with Crippen molar-refractivity contribution in [3.63, 3.8) is 0 Å². The summed E-state index contributed by atoms with van der Waals surface area (Å²) in [5.41, 5.74) is 0.504. The first-order valence-electron chi connectivity index (χ1n) is 9.79. The van der Waals surface area contributed by atoms with Crippen molar-refractivity contribution < 1.29 is 9.21 Å². The maximum atomic E-state index is 12.7. The molecule has 0 aliphatic heterocycles. The van der Waals surface area contributed by atoms with Crippen molar-refractivity contribution in [1.82, 2.24) is 29.7 Å². The minimum Gasteiger partial charge on any atom is -0.464 e. The lowest BCUT2D eigenvalue weighted by molar-refractivity contribution is -0.127. The monoisotopic (exact) mass is 491 g/mol. The van der Waals surface area contributed by atoms with Crippen LogP contribution < -0.4 is 11.4 Å². The number of nitrogens with one attached hydrogen (secondary N) is 1.